The number of carboxylic acid groups (broad SMARTS) is 7. The van der Waals surface area contributed by atoms with Crippen LogP contribution in [0.5, 0.6) is 0 Å². The highest BCUT2D eigenvalue weighted by molar-refractivity contribution is 5.73. The van der Waals surface area contributed by atoms with Gasteiger partial charge in [-0.2, -0.15) is 0 Å². The zero-order valence-corrected chi connectivity index (χ0v) is 21.9. The summed E-state index contributed by atoms with van der Waals surface area (Å²) >= 11 is 0. The lowest BCUT2D eigenvalue weighted by molar-refractivity contribution is -0.145. The molecule has 0 fully saturated rings. The minimum Gasteiger partial charge on any atom is -0.481 e. The third kappa shape index (κ3) is 71.9. The second kappa shape index (κ2) is 30.3. The highest BCUT2D eigenvalue weighted by Crippen LogP contribution is 1.94. The third-order valence-corrected chi connectivity index (χ3v) is 2.97. The van der Waals surface area contributed by atoms with Gasteiger partial charge in [-0.25, -0.2) is 0 Å². The molecule has 0 heterocycles. The lowest BCUT2D eigenvalue weighted by Crippen LogP contribution is -2.43. The Morgan fingerprint density at radius 3 is 0.897 bits per heavy atom. The molecule has 0 spiro atoms. The highest BCUT2D eigenvalue weighted by Gasteiger charge is 2.18. The van der Waals surface area contributed by atoms with E-state index in [1.54, 1.807) is 0 Å². The Morgan fingerprint density at radius 1 is 0.590 bits per heavy atom. The van der Waals surface area contributed by atoms with Crippen molar-refractivity contribution in [1.82, 2.24) is 9.80 Å². The fraction of sp³-hybridized carbons (Fsp3) is 0.650. The van der Waals surface area contributed by atoms with Crippen molar-refractivity contribution < 1.29 is 74.4 Å². The molecule has 0 aliphatic heterocycles. The van der Waals surface area contributed by atoms with Gasteiger partial charge < -0.3 is 52.3 Å². The van der Waals surface area contributed by atoms with Crippen molar-refractivity contribution in [1.29, 1.82) is 0 Å². The summed E-state index contributed by atoms with van der Waals surface area (Å²) in [5, 5.41) is 64.9. The summed E-state index contributed by atoms with van der Waals surface area (Å²) in [6.45, 7) is 1.60. The van der Waals surface area contributed by atoms with Crippen molar-refractivity contribution in [3.63, 3.8) is 0 Å². The Kier molecular flexibility index (Phi) is 35.0. The lowest BCUT2D eigenvalue weighted by atomic mass is 10.2. The number of aliphatic hydroxyl groups is 1. The van der Waals surface area contributed by atoms with E-state index in [0.29, 0.717) is 13.0 Å². The van der Waals surface area contributed by atoms with Crippen LogP contribution in [0, 0.1) is 0 Å². The van der Waals surface area contributed by atoms with Gasteiger partial charge in [-0.1, -0.05) is 0 Å². The van der Waals surface area contributed by atoms with Crippen LogP contribution < -0.4 is 11.5 Å². The molecule has 0 amide bonds. The predicted molar refractivity (Wildman–Crippen MR) is 132 cm³/mol. The number of rotatable bonds is 14. The average molecular weight is 577 g/mol. The van der Waals surface area contributed by atoms with E-state index in [4.69, 9.17) is 66.7 Å². The van der Waals surface area contributed by atoms with Crippen LogP contribution in [-0.4, -0.2) is 151 Å². The number of nitrogens with zero attached hydrogens (tertiary/aromatic N) is 2. The second-order valence-electron chi connectivity index (χ2n) is 7.06. The number of aliphatic carboxylic acids is 7. The molecule has 0 aliphatic rings. The molecule has 0 saturated carbocycles. The van der Waals surface area contributed by atoms with Gasteiger partial charge in [0.1, 0.15) is 0 Å². The van der Waals surface area contributed by atoms with E-state index in [2.05, 4.69) is 0 Å². The zero-order valence-electron chi connectivity index (χ0n) is 21.9. The summed E-state index contributed by atoms with van der Waals surface area (Å²) in [6.07, 6.45) is 0.608. The molecule has 230 valence electrons. The minimum absolute atomic E-state index is 0.0231. The van der Waals surface area contributed by atoms with Crippen LogP contribution in [-0.2, 0) is 33.6 Å². The normalized spacial score (nSPS) is 9.95. The monoisotopic (exact) mass is 576 g/mol. The Hall–Kier alpha value is -3.91. The van der Waals surface area contributed by atoms with Gasteiger partial charge in [0, 0.05) is 53.1 Å². The van der Waals surface area contributed by atoms with Gasteiger partial charge in [0.2, 0.25) is 0 Å². The topological polar surface area (TPSA) is 340 Å². The van der Waals surface area contributed by atoms with E-state index in [1.165, 1.54) is 0 Å². The first-order valence-electron chi connectivity index (χ1n) is 10.7. The summed E-state index contributed by atoms with van der Waals surface area (Å²) in [4.78, 5) is 71.4. The van der Waals surface area contributed by atoms with Gasteiger partial charge in [-0.15, -0.1) is 0 Å². The van der Waals surface area contributed by atoms with Crippen LogP contribution in [0.15, 0.2) is 0 Å². The number of carboxylic acids is 7. The smallest absolute Gasteiger partial charge is 0.317 e. The largest absolute Gasteiger partial charge is 0.481 e. The van der Waals surface area contributed by atoms with E-state index in [0.717, 1.165) is 30.6 Å². The van der Waals surface area contributed by atoms with Crippen molar-refractivity contribution in [3.05, 3.63) is 0 Å². The number of hydrogen-bond acceptors (Lipinski definition) is 12. The summed E-state index contributed by atoms with van der Waals surface area (Å²) in [6, 6.07) is -0.0231. The second-order valence-corrected chi connectivity index (χ2v) is 7.06. The lowest BCUT2D eigenvalue weighted by Gasteiger charge is -2.23. The van der Waals surface area contributed by atoms with E-state index < -0.39 is 68.0 Å². The van der Waals surface area contributed by atoms with E-state index >= 15 is 0 Å². The molecule has 39 heavy (non-hydrogen) atoms. The predicted octanol–water partition coefficient (Wildman–Crippen LogP) is -3.14. The Labute approximate surface area is 223 Å². The van der Waals surface area contributed by atoms with Crippen LogP contribution >= 0.6 is 0 Å². The zero-order chi connectivity index (χ0) is 32.1. The molecule has 0 aliphatic carbocycles. The van der Waals surface area contributed by atoms with Gasteiger partial charge in [0.05, 0.1) is 26.2 Å². The summed E-state index contributed by atoms with van der Waals surface area (Å²) < 4.78 is 0. The maximum Gasteiger partial charge on any atom is 0.317 e. The molecule has 0 aromatic carbocycles. The number of hydrogen-bond donors (Lipinski definition) is 10. The molecule has 19 heteroatoms. The standard InChI is InChI=1S/C10H16N2O8.C4H12N2O.3C2H4O2/c13-7(14)3-11(4-8(15)16)1-2-12(5-9(17)18)6-10(19)20;5-3-4(6)1-2-7;3*1-2(3)4/h1-6H2,(H,13,14)(H,15,16)(H,17,18)(H,19,20);4,7H,1-3,5-6H2;3*1H3,(H,3,4). The number of carbonyl (C=O) groups is 7. The van der Waals surface area contributed by atoms with Gasteiger partial charge in [-0.05, 0) is 6.42 Å². The third-order valence-electron chi connectivity index (χ3n) is 2.97. The highest BCUT2D eigenvalue weighted by atomic mass is 16.4. The van der Waals surface area contributed by atoms with E-state index in [-0.39, 0.29) is 25.7 Å². The number of aliphatic hydroxyl groups excluding tert-OH is 1. The van der Waals surface area contributed by atoms with Crippen LogP contribution in [0.3, 0.4) is 0 Å². The van der Waals surface area contributed by atoms with Crippen molar-refractivity contribution in [3.8, 4) is 0 Å². The molecular weight excluding hydrogens is 536 g/mol. The maximum absolute atomic E-state index is 10.6. The van der Waals surface area contributed by atoms with Crippen molar-refractivity contribution in [2.45, 2.75) is 33.2 Å². The molecule has 0 rings (SSSR count). The van der Waals surface area contributed by atoms with Crippen molar-refractivity contribution >= 4 is 41.8 Å². The molecule has 0 aromatic rings. The Morgan fingerprint density at radius 2 is 0.795 bits per heavy atom. The maximum atomic E-state index is 10.6. The summed E-state index contributed by atoms with van der Waals surface area (Å²) in [5.74, 6) is -7.41. The summed E-state index contributed by atoms with van der Waals surface area (Å²) in [5.41, 5.74) is 10.4. The van der Waals surface area contributed by atoms with Gasteiger partial charge in [0.15, 0.2) is 0 Å². The molecular formula is C20H40N4O15. The fourth-order valence-corrected chi connectivity index (χ4v) is 1.76. The van der Waals surface area contributed by atoms with E-state index in [9.17, 15) is 19.2 Å². The van der Waals surface area contributed by atoms with Gasteiger partial charge >= 0.3 is 23.9 Å². The molecule has 0 saturated heterocycles. The van der Waals surface area contributed by atoms with Gasteiger partial charge in [0.25, 0.3) is 17.9 Å². The Balaban J connectivity index is -0.000000164. The quantitative estimate of drug-likeness (QED) is 0.0975. The van der Waals surface area contributed by atoms with E-state index in [1.807, 2.05) is 0 Å². The fourth-order valence-electron chi connectivity index (χ4n) is 1.76. The molecule has 0 radical (unpaired) electrons. The van der Waals surface area contributed by atoms with Crippen molar-refractivity contribution in [2.75, 3.05) is 52.4 Å². The molecule has 12 N–H and O–H groups in total. The van der Waals surface area contributed by atoms with Crippen LogP contribution in [0.25, 0.3) is 0 Å². The van der Waals surface area contributed by atoms with Crippen LogP contribution in [0.2, 0.25) is 0 Å². The van der Waals surface area contributed by atoms with Gasteiger partial charge in [-0.3, -0.25) is 43.4 Å². The average Bonchev–Trinajstić information content (AvgIpc) is 2.69. The SMILES string of the molecule is CC(=O)O.CC(=O)O.CC(=O)O.NCC(N)CCO.O=C(O)CN(CCN(CC(=O)O)CC(=O)O)CC(=O)O. The Bertz CT molecular complexity index is 625. The molecule has 0 aromatic heterocycles. The van der Waals surface area contributed by atoms with Crippen LogP contribution in [0.1, 0.15) is 27.2 Å². The summed E-state index contributed by atoms with van der Waals surface area (Å²) in [7, 11) is 0. The first kappa shape index (κ1) is 45.0. The molecule has 1 atom stereocenters. The number of nitrogens with two attached hydrogens (primary N) is 2. The minimum atomic E-state index is -1.23. The van der Waals surface area contributed by atoms with Crippen molar-refractivity contribution in [2.24, 2.45) is 11.5 Å². The molecule has 1 unspecified atom stereocenters. The molecule has 19 nitrogen and oxygen atoms in total. The van der Waals surface area contributed by atoms with Crippen LogP contribution in [0.4, 0.5) is 0 Å². The first-order valence-corrected chi connectivity index (χ1v) is 10.7. The molecule has 0 bridgehead atoms. The first-order chi connectivity index (χ1) is 17.7.